The number of carbonyl (C=O) groups excluding carboxylic acids is 1. The Morgan fingerprint density at radius 3 is 1.96 bits per heavy atom. The van der Waals surface area contributed by atoms with Crippen LogP contribution >= 0.6 is 0 Å². The van der Waals surface area contributed by atoms with E-state index >= 15 is 0 Å². The van der Waals surface area contributed by atoms with Gasteiger partial charge in [-0.15, -0.1) is 0 Å². The predicted molar refractivity (Wildman–Crippen MR) is 110 cm³/mol. The van der Waals surface area contributed by atoms with Crippen LogP contribution in [0.1, 0.15) is 59.8 Å². The van der Waals surface area contributed by atoms with Crippen molar-refractivity contribution < 1.29 is 19.4 Å². The first kappa shape index (κ1) is 21.5. The quantitative estimate of drug-likeness (QED) is 0.692. The third-order valence-electron chi connectivity index (χ3n) is 4.50. The van der Waals surface area contributed by atoms with Gasteiger partial charge in [-0.3, -0.25) is 4.79 Å². The van der Waals surface area contributed by atoms with Crippen molar-refractivity contribution >= 4 is 11.9 Å². The van der Waals surface area contributed by atoms with Gasteiger partial charge in [0.05, 0.1) is 0 Å². The van der Waals surface area contributed by atoms with Crippen molar-refractivity contribution in [3.8, 4) is 5.75 Å². The number of carboxylic acid groups (broad SMARTS) is 1. The van der Waals surface area contributed by atoms with E-state index in [-0.39, 0.29) is 5.91 Å². The summed E-state index contributed by atoms with van der Waals surface area (Å²) in [5.41, 5.74) is 2.95. The number of hydrogen-bond donors (Lipinski definition) is 1. The lowest BCUT2D eigenvalue weighted by Crippen LogP contribution is -2.23. The van der Waals surface area contributed by atoms with Gasteiger partial charge in [-0.1, -0.05) is 57.0 Å². The van der Waals surface area contributed by atoms with E-state index in [1.807, 2.05) is 18.2 Å². The highest BCUT2D eigenvalue weighted by Crippen LogP contribution is 2.33. The predicted octanol–water partition coefficient (Wildman–Crippen LogP) is 4.50. The monoisotopic (exact) mass is 383 g/mol. The summed E-state index contributed by atoms with van der Waals surface area (Å²) in [6, 6.07) is 12.6. The maximum absolute atomic E-state index is 12.5. The van der Waals surface area contributed by atoms with Gasteiger partial charge < -0.3 is 14.7 Å². The Labute approximate surface area is 166 Å². The lowest BCUT2D eigenvalue weighted by Gasteiger charge is -2.22. The third kappa shape index (κ3) is 5.12. The molecule has 1 amide bonds. The van der Waals surface area contributed by atoms with Crippen molar-refractivity contribution in [2.24, 2.45) is 0 Å². The van der Waals surface area contributed by atoms with Gasteiger partial charge in [-0.05, 0) is 36.1 Å². The zero-order valence-electron chi connectivity index (χ0n) is 17.1. The minimum atomic E-state index is -1.09. The van der Waals surface area contributed by atoms with Crippen molar-refractivity contribution in [2.75, 3.05) is 14.1 Å². The van der Waals surface area contributed by atoms with Crippen LogP contribution in [0.25, 0.3) is 0 Å². The Morgan fingerprint density at radius 2 is 1.54 bits per heavy atom. The second-order valence-electron chi connectivity index (χ2n) is 7.07. The van der Waals surface area contributed by atoms with E-state index < -0.39 is 12.1 Å². The Bertz CT molecular complexity index is 788. The fourth-order valence-electron chi connectivity index (χ4n) is 3.20. The first-order chi connectivity index (χ1) is 13.4. The van der Waals surface area contributed by atoms with Gasteiger partial charge in [0, 0.05) is 25.2 Å². The Kier molecular flexibility index (Phi) is 7.61. The average molecular weight is 383 g/mol. The highest BCUT2D eigenvalue weighted by atomic mass is 16.5. The first-order valence-electron chi connectivity index (χ1n) is 9.70. The fourth-order valence-corrected chi connectivity index (χ4v) is 3.20. The van der Waals surface area contributed by atoms with Gasteiger partial charge in [-0.2, -0.15) is 0 Å². The number of aryl methyl sites for hydroxylation is 2. The summed E-state index contributed by atoms with van der Waals surface area (Å²) in [5, 5.41) is 9.76. The molecule has 0 spiro atoms. The molecule has 1 N–H and O–H groups in total. The van der Waals surface area contributed by atoms with Gasteiger partial charge in [0.2, 0.25) is 6.10 Å². The van der Waals surface area contributed by atoms with Crippen LogP contribution in [0.15, 0.2) is 42.5 Å². The number of benzene rings is 2. The molecular formula is C23H29NO4. The molecule has 0 heterocycles. The summed E-state index contributed by atoms with van der Waals surface area (Å²) in [5.74, 6) is -0.515. The molecule has 28 heavy (non-hydrogen) atoms. The van der Waals surface area contributed by atoms with E-state index in [2.05, 4.69) is 13.8 Å². The molecule has 0 aliphatic rings. The average Bonchev–Trinajstić information content (AvgIpc) is 2.67. The van der Waals surface area contributed by atoms with E-state index in [0.29, 0.717) is 29.7 Å². The van der Waals surface area contributed by atoms with E-state index in [0.717, 1.165) is 24.0 Å². The van der Waals surface area contributed by atoms with Crippen LogP contribution in [0.3, 0.4) is 0 Å². The van der Waals surface area contributed by atoms with Crippen molar-refractivity contribution in [2.45, 2.75) is 45.6 Å². The van der Waals surface area contributed by atoms with Crippen molar-refractivity contribution in [3.05, 3.63) is 64.7 Å². The van der Waals surface area contributed by atoms with Crippen LogP contribution in [-0.4, -0.2) is 36.0 Å². The van der Waals surface area contributed by atoms with Gasteiger partial charge in [0.15, 0.2) is 0 Å². The zero-order valence-corrected chi connectivity index (χ0v) is 17.1. The van der Waals surface area contributed by atoms with E-state index in [1.165, 1.54) is 0 Å². The van der Waals surface area contributed by atoms with E-state index in [1.54, 1.807) is 43.3 Å². The molecule has 0 saturated heterocycles. The summed E-state index contributed by atoms with van der Waals surface area (Å²) in [6.07, 6.45) is 2.06. The number of rotatable bonds is 9. The molecule has 5 heteroatoms. The minimum Gasteiger partial charge on any atom is -0.478 e. The molecule has 0 aliphatic carbocycles. The molecule has 5 nitrogen and oxygen atoms in total. The Balaban J connectivity index is 2.56. The summed E-state index contributed by atoms with van der Waals surface area (Å²) in [6.45, 7) is 4.10. The molecule has 1 unspecified atom stereocenters. The second-order valence-corrected chi connectivity index (χ2v) is 7.07. The van der Waals surface area contributed by atoms with Crippen LogP contribution in [0.2, 0.25) is 0 Å². The summed E-state index contributed by atoms with van der Waals surface area (Å²) >= 11 is 0. The van der Waals surface area contributed by atoms with Crippen LogP contribution < -0.4 is 4.74 Å². The van der Waals surface area contributed by atoms with Crippen LogP contribution in [0, 0.1) is 0 Å². The molecule has 1 atom stereocenters. The molecule has 0 radical (unpaired) electrons. The molecular weight excluding hydrogens is 354 g/mol. The number of aliphatic carboxylic acids is 1. The Morgan fingerprint density at radius 1 is 1.00 bits per heavy atom. The normalized spacial score (nSPS) is 11.7. The highest BCUT2D eigenvalue weighted by Gasteiger charge is 2.25. The van der Waals surface area contributed by atoms with Crippen molar-refractivity contribution in [1.29, 1.82) is 0 Å². The standard InChI is InChI=1S/C23H29NO4/c1-5-10-17-14-19(22(25)24(3)4)15-18(11-6-2)20(17)28-21(23(26)27)16-12-8-7-9-13-16/h7-9,12-15,21H,5-6,10-11H2,1-4H3,(H,26,27). The van der Waals surface area contributed by atoms with Crippen molar-refractivity contribution in [1.82, 2.24) is 4.90 Å². The minimum absolute atomic E-state index is 0.0703. The Hall–Kier alpha value is -2.82. The molecule has 2 rings (SSSR count). The third-order valence-corrected chi connectivity index (χ3v) is 4.50. The second kappa shape index (κ2) is 9.93. The molecule has 0 aromatic heterocycles. The van der Waals surface area contributed by atoms with Crippen LogP contribution in [0.4, 0.5) is 0 Å². The van der Waals surface area contributed by atoms with Gasteiger partial charge >= 0.3 is 5.97 Å². The first-order valence-corrected chi connectivity index (χ1v) is 9.70. The van der Waals surface area contributed by atoms with E-state index in [4.69, 9.17) is 4.74 Å². The number of nitrogens with zero attached hydrogens (tertiary/aromatic N) is 1. The lowest BCUT2D eigenvalue weighted by molar-refractivity contribution is -0.145. The molecule has 0 bridgehead atoms. The fraction of sp³-hybridized carbons (Fsp3) is 0.391. The SMILES string of the molecule is CCCc1cc(C(=O)N(C)C)cc(CCC)c1OC(C(=O)O)c1ccccc1. The molecule has 0 saturated carbocycles. The van der Waals surface area contributed by atoms with Crippen molar-refractivity contribution in [3.63, 3.8) is 0 Å². The largest absolute Gasteiger partial charge is 0.478 e. The maximum Gasteiger partial charge on any atom is 0.349 e. The summed E-state index contributed by atoms with van der Waals surface area (Å²) in [4.78, 5) is 26.0. The zero-order chi connectivity index (χ0) is 20.7. The number of ether oxygens (including phenoxy) is 1. The number of carbonyl (C=O) groups is 2. The molecule has 150 valence electrons. The topological polar surface area (TPSA) is 66.8 Å². The molecule has 2 aromatic rings. The summed E-state index contributed by atoms with van der Waals surface area (Å²) < 4.78 is 6.10. The van der Waals surface area contributed by atoms with E-state index in [9.17, 15) is 14.7 Å². The molecule has 0 aliphatic heterocycles. The van der Waals surface area contributed by atoms with Gasteiger partial charge in [0.1, 0.15) is 5.75 Å². The van der Waals surface area contributed by atoms with Crippen LogP contribution in [0.5, 0.6) is 5.75 Å². The highest BCUT2D eigenvalue weighted by molar-refractivity contribution is 5.94. The summed E-state index contributed by atoms with van der Waals surface area (Å²) in [7, 11) is 3.45. The van der Waals surface area contributed by atoms with Gasteiger partial charge in [-0.25, -0.2) is 4.79 Å². The number of hydrogen-bond acceptors (Lipinski definition) is 3. The number of amides is 1. The maximum atomic E-state index is 12.5. The molecule has 2 aromatic carbocycles. The van der Waals surface area contributed by atoms with Crippen LogP contribution in [-0.2, 0) is 17.6 Å². The number of carboxylic acids is 1. The lowest BCUT2D eigenvalue weighted by atomic mass is 9.97. The molecule has 0 fully saturated rings. The van der Waals surface area contributed by atoms with Gasteiger partial charge in [0.25, 0.3) is 5.91 Å². The smallest absolute Gasteiger partial charge is 0.349 e.